The van der Waals surface area contributed by atoms with Crippen molar-refractivity contribution in [3.63, 3.8) is 0 Å². The summed E-state index contributed by atoms with van der Waals surface area (Å²) in [7, 11) is 0. The van der Waals surface area contributed by atoms with Gasteiger partial charge in [0.2, 0.25) is 5.95 Å². The molecule has 0 bridgehead atoms. The van der Waals surface area contributed by atoms with E-state index in [1.165, 1.54) is 0 Å². The topological polar surface area (TPSA) is 69.2 Å². The molecule has 0 amide bonds. The number of nitrogens with one attached hydrogen (secondary N) is 1. The molecular weight excluding hydrogens is 244 g/mol. The summed E-state index contributed by atoms with van der Waals surface area (Å²) in [6, 6.07) is 0.618. The molecular formula is C13H24N4O2. The van der Waals surface area contributed by atoms with Gasteiger partial charge in [-0.15, -0.1) is 4.98 Å². The molecule has 108 valence electrons. The van der Waals surface area contributed by atoms with Crippen LogP contribution in [-0.2, 0) is 0 Å². The van der Waals surface area contributed by atoms with E-state index in [1.54, 1.807) is 0 Å². The number of nitrogens with zero attached hydrogens (tertiary/aromatic N) is 3. The van der Waals surface area contributed by atoms with Crippen molar-refractivity contribution < 1.29 is 9.47 Å². The Morgan fingerprint density at radius 1 is 1.05 bits per heavy atom. The van der Waals surface area contributed by atoms with Gasteiger partial charge >= 0.3 is 12.0 Å². The van der Waals surface area contributed by atoms with Gasteiger partial charge < -0.3 is 14.8 Å². The van der Waals surface area contributed by atoms with Crippen molar-refractivity contribution in [3.8, 4) is 12.0 Å². The highest BCUT2D eigenvalue weighted by Gasteiger charge is 2.09. The van der Waals surface area contributed by atoms with E-state index in [0.29, 0.717) is 24.6 Å². The maximum absolute atomic E-state index is 5.51. The summed E-state index contributed by atoms with van der Waals surface area (Å²) in [4.78, 5) is 12.6. The van der Waals surface area contributed by atoms with Crippen LogP contribution in [0.25, 0.3) is 0 Å². The predicted octanol–water partition coefficient (Wildman–Crippen LogP) is 2.66. The number of hydrogen-bond acceptors (Lipinski definition) is 6. The molecule has 0 fully saturated rings. The Kier molecular flexibility index (Phi) is 6.92. The van der Waals surface area contributed by atoms with Gasteiger partial charge in [-0.3, -0.25) is 0 Å². The maximum Gasteiger partial charge on any atom is 0.324 e. The number of rotatable bonds is 9. The smallest absolute Gasteiger partial charge is 0.324 e. The zero-order valence-electron chi connectivity index (χ0n) is 12.3. The largest absolute Gasteiger partial charge is 0.463 e. The molecule has 1 N–H and O–H groups in total. The molecule has 0 unspecified atom stereocenters. The van der Waals surface area contributed by atoms with Crippen LogP contribution in [0.4, 0.5) is 5.95 Å². The first-order valence-electron chi connectivity index (χ1n) is 6.95. The Hall–Kier alpha value is -1.59. The first-order valence-corrected chi connectivity index (χ1v) is 6.95. The lowest BCUT2D eigenvalue weighted by Gasteiger charge is -2.11. The standard InChI is InChI=1S/C13H24N4O2/c1-5-7-9-18-12-15-11(14-8-6-2)16-13(17-12)19-10(3)4/h10H,5-9H2,1-4H3,(H,14,15,16,17). The number of ether oxygens (including phenoxy) is 2. The summed E-state index contributed by atoms with van der Waals surface area (Å²) in [5.74, 6) is 0.499. The lowest BCUT2D eigenvalue weighted by Crippen LogP contribution is -2.13. The van der Waals surface area contributed by atoms with Gasteiger partial charge in [0.25, 0.3) is 0 Å². The van der Waals surface area contributed by atoms with Crippen molar-refractivity contribution in [3.05, 3.63) is 0 Å². The van der Waals surface area contributed by atoms with Gasteiger partial charge in [0.1, 0.15) is 0 Å². The molecule has 0 spiro atoms. The van der Waals surface area contributed by atoms with Crippen molar-refractivity contribution in [1.82, 2.24) is 15.0 Å². The zero-order valence-corrected chi connectivity index (χ0v) is 12.3. The molecule has 0 radical (unpaired) electrons. The fourth-order valence-electron chi connectivity index (χ4n) is 1.29. The molecule has 1 rings (SSSR count). The first kappa shape index (κ1) is 15.5. The summed E-state index contributed by atoms with van der Waals surface area (Å²) in [5, 5.41) is 3.12. The van der Waals surface area contributed by atoms with E-state index in [2.05, 4.69) is 34.1 Å². The van der Waals surface area contributed by atoms with Gasteiger partial charge in [-0.2, -0.15) is 9.97 Å². The Balaban J connectivity index is 2.75. The first-order chi connectivity index (χ1) is 9.15. The fourth-order valence-corrected chi connectivity index (χ4v) is 1.29. The van der Waals surface area contributed by atoms with E-state index < -0.39 is 0 Å². The summed E-state index contributed by atoms with van der Waals surface area (Å²) in [6.07, 6.45) is 3.06. The van der Waals surface area contributed by atoms with Gasteiger partial charge in [-0.05, 0) is 26.7 Å². The number of unbranched alkanes of at least 4 members (excludes halogenated alkanes) is 1. The van der Waals surface area contributed by atoms with E-state index in [1.807, 2.05) is 13.8 Å². The lowest BCUT2D eigenvalue weighted by atomic mass is 10.4. The van der Waals surface area contributed by atoms with Crippen LogP contribution in [-0.4, -0.2) is 34.2 Å². The minimum atomic E-state index is 0.0184. The summed E-state index contributed by atoms with van der Waals surface area (Å²) < 4.78 is 11.0. The Morgan fingerprint density at radius 3 is 2.42 bits per heavy atom. The van der Waals surface area contributed by atoms with Gasteiger partial charge in [0.15, 0.2) is 0 Å². The van der Waals surface area contributed by atoms with Crippen molar-refractivity contribution in [2.45, 2.75) is 53.1 Å². The molecule has 0 atom stereocenters. The molecule has 1 aromatic heterocycles. The quantitative estimate of drug-likeness (QED) is 0.694. The molecule has 0 aliphatic heterocycles. The van der Waals surface area contributed by atoms with Crippen molar-refractivity contribution >= 4 is 5.95 Å². The highest BCUT2D eigenvalue weighted by molar-refractivity contribution is 5.27. The third-order valence-electron chi connectivity index (χ3n) is 2.20. The summed E-state index contributed by atoms with van der Waals surface area (Å²) in [6.45, 7) is 9.46. The van der Waals surface area contributed by atoms with Crippen molar-refractivity contribution in [2.75, 3.05) is 18.5 Å². The Bertz CT molecular complexity index is 372. The second kappa shape index (κ2) is 8.50. The van der Waals surface area contributed by atoms with Crippen LogP contribution in [0.1, 0.15) is 47.0 Å². The van der Waals surface area contributed by atoms with Crippen LogP contribution in [0.2, 0.25) is 0 Å². The minimum Gasteiger partial charge on any atom is -0.463 e. The summed E-state index contributed by atoms with van der Waals surface area (Å²) in [5.41, 5.74) is 0. The van der Waals surface area contributed by atoms with Crippen LogP contribution in [0, 0.1) is 0 Å². The van der Waals surface area contributed by atoms with Crippen LogP contribution in [0.5, 0.6) is 12.0 Å². The molecule has 19 heavy (non-hydrogen) atoms. The third-order valence-corrected chi connectivity index (χ3v) is 2.20. The second-order valence-corrected chi connectivity index (χ2v) is 4.52. The van der Waals surface area contributed by atoms with E-state index >= 15 is 0 Å². The highest BCUT2D eigenvalue weighted by atomic mass is 16.5. The van der Waals surface area contributed by atoms with Crippen molar-refractivity contribution in [1.29, 1.82) is 0 Å². The molecule has 0 aliphatic carbocycles. The molecule has 1 aromatic rings. The fraction of sp³-hybridized carbons (Fsp3) is 0.769. The van der Waals surface area contributed by atoms with Gasteiger partial charge in [0.05, 0.1) is 12.7 Å². The molecule has 6 heteroatoms. The van der Waals surface area contributed by atoms with E-state index in [9.17, 15) is 0 Å². The third kappa shape index (κ3) is 6.22. The van der Waals surface area contributed by atoms with Crippen LogP contribution in [0.3, 0.4) is 0 Å². The lowest BCUT2D eigenvalue weighted by molar-refractivity contribution is 0.212. The average Bonchev–Trinajstić information content (AvgIpc) is 2.36. The average molecular weight is 268 g/mol. The zero-order chi connectivity index (χ0) is 14.1. The monoisotopic (exact) mass is 268 g/mol. The van der Waals surface area contributed by atoms with E-state index in [-0.39, 0.29) is 6.10 Å². The SMILES string of the molecule is CCCCOc1nc(NCCC)nc(OC(C)C)n1. The molecule has 1 heterocycles. The molecule has 0 aromatic carbocycles. The van der Waals surface area contributed by atoms with Crippen LogP contribution in [0.15, 0.2) is 0 Å². The van der Waals surface area contributed by atoms with Crippen LogP contribution >= 0.6 is 0 Å². The van der Waals surface area contributed by atoms with E-state index in [4.69, 9.17) is 9.47 Å². The molecule has 0 saturated heterocycles. The van der Waals surface area contributed by atoms with Crippen molar-refractivity contribution in [2.24, 2.45) is 0 Å². The minimum absolute atomic E-state index is 0.0184. The summed E-state index contributed by atoms with van der Waals surface area (Å²) >= 11 is 0. The van der Waals surface area contributed by atoms with Gasteiger partial charge in [-0.1, -0.05) is 20.3 Å². The number of aromatic nitrogens is 3. The number of hydrogen-bond donors (Lipinski definition) is 1. The Morgan fingerprint density at radius 2 is 1.79 bits per heavy atom. The normalized spacial score (nSPS) is 10.6. The van der Waals surface area contributed by atoms with Crippen LogP contribution < -0.4 is 14.8 Å². The number of anilines is 1. The molecule has 0 aliphatic rings. The highest BCUT2D eigenvalue weighted by Crippen LogP contribution is 2.14. The molecule has 6 nitrogen and oxygen atoms in total. The second-order valence-electron chi connectivity index (χ2n) is 4.52. The Labute approximate surface area is 115 Å². The van der Waals surface area contributed by atoms with Gasteiger partial charge in [0, 0.05) is 6.54 Å². The maximum atomic E-state index is 5.51. The predicted molar refractivity (Wildman–Crippen MR) is 74.8 cm³/mol. The van der Waals surface area contributed by atoms with E-state index in [0.717, 1.165) is 25.8 Å². The van der Waals surface area contributed by atoms with Gasteiger partial charge in [-0.25, -0.2) is 0 Å². The molecule has 0 saturated carbocycles.